The SMILES string of the molecule is CCc1oc(=O)c2ccccc2c1O. The zero-order valence-electron chi connectivity index (χ0n) is 7.78. The van der Waals surface area contributed by atoms with Crippen LogP contribution in [0.4, 0.5) is 0 Å². The molecule has 0 radical (unpaired) electrons. The Kier molecular flexibility index (Phi) is 2.00. The van der Waals surface area contributed by atoms with Gasteiger partial charge in [-0.3, -0.25) is 0 Å². The van der Waals surface area contributed by atoms with Gasteiger partial charge in [0.15, 0.2) is 5.75 Å². The van der Waals surface area contributed by atoms with E-state index in [4.69, 9.17) is 4.42 Å². The molecule has 14 heavy (non-hydrogen) atoms. The van der Waals surface area contributed by atoms with Gasteiger partial charge in [-0.2, -0.15) is 0 Å². The molecule has 0 aliphatic rings. The standard InChI is InChI=1S/C11H10O3/c1-2-9-10(12)7-5-3-4-6-8(7)11(13)14-9/h3-6,12H,2H2,1H3. The van der Waals surface area contributed by atoms with Gasteiger partial charge in [0.2, 0.25) is 0 Å². The maximum atomic E-state index is 11.4. The number of hydrogen-bond donors (Lipinski definition) is 1. The summed E-state index contributed by atoms with van der Waals surface area (Å²) in [4.78, 5) is 11.4. The minimum absolute atomic E-state index is 0.0719. The summed E-state index contributed by atoms with van der Waals surface area (Å²) >= 11 is 0. The largest absolute Gasteiger partial charge is 0.504 e. The smallest absolute Gasteiger partial charge is 0.344 e. The molecule has 1 N–H and O–H groups in total. The van der Waals surface area contributed by atoms with Gasteiger partial charge in [-0.05, 0) is 6.07 Å². The zero-order valence-corrected chi connectivity index (χ0v) is 7.78. The van der Waals surface area contributed by atoms with E-state index in [0.29, 0.717) is 23.0 Å². The first-order valence-electron chi connectivity index (χ1n) is 4.47. The Morgan fingerprint density at radius 1 is 1.29 bits per heavy atom. The quantitative estimate of drug-likeness (QED) is 0.748. The molecule has 1 aromatic carbocycles. The van der Waals surface area contributed by atoms with Gasteiger partial charge >= 0.3 is 5.63 Å². The Bertz CT molecular complexity index is 526. The lowest BCUT2D eigenvalue weighted by atomic mass is 10.1. The van der Waals surface area contributed by atoms with Crippen LogP contribution in [0.15, 0.2) is 33.5 Å². The first-order valence-corrected chi connectivity index (χ1v) is 4.47. The first-order chi connectivity index (χ1) is 6.74. The highest BCUT2D eigenvalue weighted by Gasteiger charge is 2.09. The van der Waals surface area contributed by atoms with Crippen molar-refractivity contribution in [3.63, 3.8) is 0 Å². The number of benzene rings is 1. The summed E-state index contributed by atoms with van der Waals surface area (Å²) in [7, 11) is 0. The molecule has 0 fully saturated rings. The molecule has 0 unspecified atom stereocenters. The maximum absolute atomic E-state index is 11.4. The topological polar surface area (TPSA) is 50.4 Å². The predicted octanol–water partition coefficient (Wildman–Crippen LogP) is 2.06. The van der Waals surface area contributed by atoms with Crippen molar-refractivity contribution in [2.45, 2.75) is 13.3 Å². The molecule has 0 aliphatic carbocycles. The molecule has 2 rings (SSSR count). The fourth-order valence-electron chi connectivity index (χ4n) is 1.47. The van der Waals surface area contributed by atoms with Crippen LogP contribution in [-0.2, 0) is 6.42 Å². The molecule has 0 amide bonds. The van der Waals surface area contributed by atoms with Crippen LogP contribution in [-0.4, -0.2) is 5.11 Å². The normalized spacial score (nSPS) is 10.6. The molecule has 72 valence electrons. The fraction of sp³-hybridized carbons (Fsp3) is 0.182. The van der Waals surface area contributed by atoms with Crippen LogP contribution in [0.2, 0.25) is 0 Å². The number of rotatable bonds is 1. The Hall–Kier alpha value is -1.77. The minimum Gasteiger partial charge on any atom is -0.504 e. The Morgan fingerprint density at radius 2 is 1.93 bits per heavy atom. The first kappa shape index (κ1) is 8.81. The van der Waals surface area contributed by atoms with Crippen LogP contribution in [0.3, 0.4) is 0 Å². The highest BCUT2D eigenvalue weighted by molar-refractivity contribution is 5.87. The molecule has 0 spiro atoms. The van der Waals surface area contributed by atoms with Gasteiger partial charge in [0, 0.05) is 11.8 Å². The van der Waals surface area contributed by atoms with Crippen molar-refractivity contribution in [2.75, 3.05) is 0 Å². The average Bonchev–Trinajstić information content (AvgIpc) is 2.23. The molecule has 0 atom stereocenters. The lowest BCUT2D eigenvalue weighted by Crippen LogP contribution is -2.01. The van der Waals surface area contributed by atoms with Crippen LogP contribution < -0.4 is 5.63 Å². The molecule has 0 aliphatic heterocycles. The summed E-state index contributed by atoms with van der Waals surface area (Å²) < 4.78 is 4.96. The number of hydrogen-bond acceptors (Lipinski definition) is 3. The van der Waals surface area contributed by atoms with E-state index in [1.54, 1.807) is 24.3 Å². The molecule has 3 heteroatoms. The van der Waals surface area contributed by atoms with E-state index in [2.05, 4.69) is 0 Å². The van der Waals surface area contributed by atoms with Gasteiger partial charge in [0.05, 0.1) is 5.39 Å². The van der Waals surface area contributed by atoms with E-state index >= 15 is 0 Å². The third-order valence-corrected chi connectivity index (χ3v) is 2.20. The minimum atomic E-state index is -0.393. The highest BCUT2D eigenvalue weighted by Crippen LogP contribution is 2.25. The monoisotopic (exact) mass is 190 g/mol. The van der Waals surface area contributed by atoms with Gasteiger partial charge in [0.25, 0.3) is 0 Å². The zero-order chi connectivity index (χ0) is 10.1. The summed E-state index contributed by atoms with van der Waals surface area (Å²) in [5.74, 6) is 0.413. The van der Waals surface area contributed by atoms with E-state index < -0.39 is 5.63 Å². The summed E-state index contributed by atoms with van der Waals surface area (Å²) in [6, 6.07) is 6.87. The molecule has 2 aromatic rings. The summed E-state index contributed by atoms with van der Waals surface area (Å²) in [5, 5.41) is 10.7. The van der Waals surface area contributed by atoms with Crippen molar-refractivity contribution in [1.29, 1.82) is 0 Å². The Labute approximate surface area is 80.6 Å². The lowest BCUT2D eigenvalue weighted by Gasteiger charge is -2.03. The van der Waals surface area contributed by atoms with E-state index in [1.165, 1.54) is 0 Å². The van der Waals surface area contributed by atoms with Gasteiger partial charge in [0.1, 0.15) is 5.76 Å². The number of fused-ring (bicyclic) bond motifs is 1. The summed E-state index contributed by atoms with van der Waals surface area (Å²) in [5.41, 5.74) is -0.393. The number of aromatic hydroxyl groups is 1. The van der Waals surface area contributed by atoms with Crippen molar-refractivity contribution in [3.05, 3.63) is 40.4 Å². The van der Waals surface area contributed by atoms with Crippen LogP contribution in [0.25, 0.3) is 10.8 Å². The van der Waals surface area contributed by atoms with E-state index in [9.17, 15) is 9.90 Å². The molecule has 1 heterocycles. The molecule has 0 saturated heterocycles. The van der Waals surface area contributed by atoms with Crippen LogP contribution in [0, 0.1) is 0 Å². The van der Waals surface area contributed by atoms with Crippen LogP contribution in [0.5, 0.6) is 5.75 Å². The van der Waals surface area contributed by atoms with Crippen molar-refractivity contribution < 1.29 is 9.52 Å². The van der Waals surface area contributed by atoms with E-state index in [-0.39, 0.29) is 5.75 Å². The summed E-state index contributed by atoms with van der Waals surface area (Å²) in [6.07, 6.45) is 0.506. The third-order valence-electron chi connectivity index (χ3n) is 2.20. The Balaban J connectivity index is 2.95. The van der Waals surface area contributed by atoms with E-state index in [1.807, 2.05) is 6.92 Å². The fourth-order valence-corrected chi connectivity index (χ4v) is 1.47. The van der Waals surface area contributed by atoms with Crippen molar-refractivity contribution >= 4 is 10.8 Å². The third kappa shape index (κ3) is 1.18. The van der Waals surface area contributed by atoms with Crippen molar-refractivity contribution in [2.24, 2.45) is 0 Å². The van der Waals surface area contributed by atoms with Gasteiger partial charge in [-0.15, -0.1) is 0 Å². The average molecular weight is 190 g/mol. The number of aryl methyl sites for hydroxylation is 1. The lowest BCUT2D eigenvalue weighted by molar-refractivity contribution is 0.402. The van der Waals surface area contributed by atoms with Crippen molar-refractivity contribution in [3.8, 4) is 5.75 Å². The molecule has 0 bridgehead atoms. The Morgan fingerprint density at radius 3 is 2.57 bits per heavy atom. The molecule has 3 nitrogen and oxygen atoms in total. The second-order valence-corrected chi connectivity index (χ2v) is 3.06. The maximum Gasteiger partial charge on any atom is 0.344 e. The second-order valence-electron chi connectivity index (χ2n) is 3.06. The van der Waals surface area contributed by atoms with Crippen LogP contribution in [0.1, 0.15) is 12.7 Å². The van der Waals surface area contributed by atoms with Gasteiger partial charge in [-0.25, -0.2) is 4.79 Å². The predicted molar refractivity (Wildman–Crippen MR) is 53.5 cm³/mol. The molecular weight excluding hydrogens is 180 g/mol. The van der Waals surface area contributed by atoms with Gasteiger partial charge in [-0.1, -0.05) is 25.1 Å². The molecule has 1 aromatic heterocycles. The summed E-state index contributed by atoms with van der Waals surface area (Å²) in [6.45, 7) is 1.83. The molecular formula is C11H10O3. The second kappa shape index (κ2) is 3.18. The highest BCUT2D eigenvalue weighted by atomic mass is 16.4. The van der Waals surface area contributed by atoms with Gasteiger partial charge < -0.3 is 9.52 Å². The van der Waals surface area contributed by atoms with Crippen molar-refractivity contribution in [1.82, 2.24) is 0 Å². The van der Waals surface area contributed by atoms with E-state index in [0.717, 1.165) is 0 Å². The molecule has 0 saturated carbocycles. The van der Waals surface area contributed by atoms with Crippen LogP contribution >= 0.6 is 0 Å².